The van der Waals surface area contributed by atoms with Crippen LogP contribution in [0, 0.1) is 19.6 Å². The molecule has 0 fully saturated rings. The highest BCUT2D eigenvalue weighted by molar-refractivity contribution is 14.1. The molecule has 0 unspecified atom stereocenters. The van der Waals surface area contributed by atoms with Crippen LogP contribution in [0.1, 0.15) is 0 Å². The standard InChI is InChI=1S/C13H17FIN3O3Si/c1-22(2,3)5-4-21-8-17-11-7-10(14)12(18(19)20)6-9(11)13(15)16-17/h6-7H,4-5,8H2,1-3H3. The molecule has 0 aliphatic rings. The van der Waals surface area contributed by atoms with Crippen molar-refractivity contribution in [2.45, 2.75) is 32.4 Å². The summed E-state index contributed by atoms with van der Waals surface area (Å²) in [5, 5.41) is 15.6. The highest BCUT2D eigenvalue weighted by Gasteiger charge is 2.20. The van der Waals surface area contributed by atoms with Crippen LogP contribution in [0.5, 0.6) is 0 Å². The predicted octanol–water partition coefficient (Wildman–Crippen LogP) is 4.00. The lowest BCUT2D eigenvalue weighted by Crippen LogP contribution is -2.22. The van der Waals surface area contributed by atoms with Crippen molar-refractivity contribution >= 4 is 47.3 Å². The Morgan fingerprint density at radius 3 is 2.73 bits per heavy atom. The molecule has 0 spiro atoms. The van der Waals surface area contributed by atoms with Crippen LogP contribution in [0.2, 0.25) is 25.7 Å². The second kappa shape index (κ2) is 6.58. The third-order valence-corrected chi connectivity index (χ3v) is 5.68. The zero-order valence-electron chi connectivity index (χ0n) is 12.6. The Kier molecular flexibility index (Phi) is 5.17. The molecule has 2 aromatic rings. The van der Waals surface area contributed by atoms with Gasteiger partial charge in [0.1, 0.15) is 10.4 Å². The number of fused-ring (bicyclic) bond motifs is 1. The van der Waals surface area contributed by atoms with Crippen molar-refractivity contribution in [3.63, 3.8) is 0 Å². The highest BCUT2D eigenvalue weighted by atomic mass is 127. The van der Waals surface area contributed by atoms with E-state index in [9.17, 15) is 14.5 Å². The quantitative estimate of drug-likeness (QED) is 0.225. The van der Waals surface area contributed by atoms with Gasteiger partial charge in [0.05, 0.1) is 10.4 Å². The molecule has 0 saturated carbocycles. The molecule has 1 aromatic heterocycles. The van der Waals surface area contributed by atoms with Crippen molar-refractivity contribution in [2.75, 3.05) is 6.61 Å². The monoisotopic (exact) mass is 437 g/mol. The Bertz CT molecular complexity index is 715. The zero-order chi connectivity index (χ0) is 16.5. The maximum atomic E-state index is 13.8. The summed E-state index contributed by atoms with van der Waals surface area (Å²) in [6.45, 7) is 7.62. The Hall–Kier alpha value is -1.07. The van der Waals surface area contributed by atoms with E-state index in [1.54, 1.807) is 0 Å². The third-order valence-electron chi connectivity index (χ3n) is 3.18. The van der Waals surface area contributed by atoms with Gasteiger partial charge in [-0.15, -0.1) is 0 Å². The summed E-state index contributed by atoms with van der Waals surface area (Å²) in [5.74, 6) is -0.864. The zero-order valence-corrected chi connectivity index (χ0v) is 15.8. The number of halogens is 2. The minimum Gasteiger partial charge on any atom is -0.360 e. The summed E-state index contributed by atoms with van der Waals surface area (Å²) in [5.41, 5.74) is -0.0369. The first kappa shape index (κ1) is 17.3. The molecular weight excluding hydrogens is 420 g/mol. The molecule has 0 atom stereocenters. The first-order valence-electron chi connectivity index (χ1n) is 6.77. The van der Waals surface area contributed by atoms with Crippen LogP contribution in [-0.2, 0) is 11.5 Å². The van der Waals surface area contributed by atoms with Crippen LogP contribution in [-0.4, -0.2) is 29.4 Å². The lowest BCUT2D eigenvalue weighted by molar-refractivity contribution is -0.387. The molecule has 120 valence electrons. The average Bonchev–Trinajstić information content (AvgIpc) is 2.68. The number of ether oxygens (including phenoxy) is 1. The van der Waals surface area contributed by atoms with E-state index in [1.165, 1.54) is 10.7 Å². The van der Waals surface area contributed by atoms with Gasteiger partial charge < -0.3 is 4.74 Å². The Morgan fingerprint density at radius 1 is 1.45 bits per heavy atom. The number of aromatic nitrogens is 2. The van der Waals surface area contributed by atoms with Crippen LogP contribution < -0.4 is 0 Å². The highest BCUT2D eigenvalue weighted by Crippen LogP contribution is 2.28. The molecule has 1 aromatic carbocycles. The average molecular weight is 437 g/mol. The number of nitro benzene ring substituents is 1. The van der Waals surface area contributed by atoms with Crippen molar-refractivity contribution in [1.29, 1.82) is 0 Å². The van der Waals surface area contributed by atoms with Crippen LogP contribution in [0.3, 0.4) is 0 Å². The second-order valence-corrected chi connectivity index (χ2v) is 12.9. The number of nitro groups is 1. The maximum absolute atomic E-state index is 13.8. The molecule has 2 rings (SSSR count). The smallest absolute Gasteiger partial charge is 0.305 e. The molecule has 0 saturated heterocycles. The molecule has 1 heterocycles. The lowest BCUT2D eigenvalue weighted by Gasteiger charge is -2.15. The molecule has 0 radical (unpaired) electrons. The van der Waals surface area contributed by atoms with Gasteiger partial charge >= 0.3 is 5.69 Å². The fraction of sp³-hybridized carbons (Fsp3) is 0.462. The maximum Gasteiger partial charge on any atom is 0.305 e. The van der Waals surface area contributed by atoms with Crippen molar-refractivity contribution in [3.8, 4) is 0 Å². The lowest BCUT2D eigenvalue weighted by atomic mass is 10.2. The van der Waals surface area contributed by atoms with Crippen LogP contribution in [0.25, 0.3) is 10.9 Å². The molecule has 9 heteroatoms. The van der Waals surface area contributed by atoms with E-state index in [4.69, 9.17) is 4.74 Å². The van der Waals surface area contributed by atoms with Crippen LogP contribution >= 0.6 is 22.6 Å². The van der Waals surface area contributed by atoms with E-state index in [0.717, 1.165) is 12.1 Å². The van der Waals surface area contributed by atoms with Crippen molar-refractivity contribution in [1.82, 2.24) is 9.78 Å². The normalized spacial score (nSPS) is 12.0. The molecule has 0 aliphatic heterocycles. The van der Waals surface area contributed by atoms with Crippen molar-refractivity contribution in [3.05, 3.63) is 31.8 Å². The fourth-order valence-electron chi connectivity index (χ4n) is 1.91. The summed E-state index contributed by atoms with van der Waals surface area (Å²) in [6, 6.07) is 3.39. The Morgan fingerprint density at radius 2 is 2.14 bits per heavy atom. The van der Waals surface area contributed by atoms with Gasteiger partial charge in [-0.1, -0.05) is 19.6 Å². The van der Waals surface area contributed by atoms with Gasteiger partial charge in [-0.05, 0) is 28.6 Å². The summed E-state index contributed by atoms with van der Waals surface area (Å²) in [6.07, 6.45) is 0. The fourth-order valence-corrected chi connectivity index (χ4v) is 3.36. The minimum absolute atomic E-state index is 0.210. The van der Waals surface area contributed by atoms with E-state index in [1.807, 2.05) is 22.6 Å². The van der Waals surface area contributed by atoms with Crippen molar-refractivity contribution in [2.24, 2.45) is 0 Å². The van der Waals surface area contributed by atoms with Crippen LogP contribution in [0.4, 0.5) is 10.1 Å². The SMILES string of the molecule is C[Si](C)(C)CCOCn1nc(I)c2cc([N+](=O)[O-])c(F)cc21. The Labute approximate surface area is 141 Å². The molecule has 0 amide bonds. The summed E-state index contributed by atoms with van der Waals surface area (Å²) in [7, 11) is -1.16. The van der Waals surface area contributed by atoms with Gasteiger partial charge in [0.2, 0.25) is 5.82 Å². The topological polar surface area (TPSA) is 70.2 Å². The van der Waals surface area contributed by atoms with Crippen LogP contribution in [0.15, 0.2) is 12.1 Å². The van der Waals surface area contributed by atoms with E-state index in [0.29, 0.717) is 21.2 Å². The minimum atomic E-state index is -1.16. The van der Waals surface area contributed by atoms with E-state index in [-0.39, 0.29) is 6.73 Å². The second-order valence-electron chi connectivity index (χ2n) is 6.22. The first-order chi connectivity index (χ1) is 10.2. The Balaban J connectivity index is 2.21. The molecule has 22 heavy (non-hydrogen) atoms. The van der Waals surface area contributed by atoms with E-state index >= 15 is 0 Å². The van der Waals surface area contributed by atoms with Crippen molar-refractivity contribution < 1.29 is 14.1 Å². The van der Waals surface area contributed by atoms with Gasteiger partial charge in [0, 0.05) is 32.2 Å². The summed E-state index contributed by atoms with van der Waals surface area (Å²) >= 11 is 1.98. The molecule has 6 nitrogen and oxygen atoms in total. The van der Waals surface area contributed by atoms with Gasteiger partial charge in [-0.25, -0.2) is 4.68 Å². The van der Waals surface area contributed by atoms with Gasteiger partial charge in [0.25, 0.3) is 0 Å². The number of hydrogen-bond acceptors (Lipinski definition) is 4. The van der Waals surface area contributed by atoms with E-state index in [2.05, 4.69) is 24.7 Å². The predicted molar refractivity (Wildman–Crippen MR) is 93.2 cm³/mol. The molecule has 0 aliphatic carbocycles. The largest absolute Gasteiger partial charge is 0.360 e. The number of rotatable bonds is 6. The molecule has 0 bridgehead atoms. The molecular formula is C13H17FIN3O3Si. The molecule has 0 N–H and O–H groups in total. The van der Waals surface area contributed by atoms with Gasteiger partial charge in [-0.2, -0.15) is 9.49 Å². The van der Waals surface area contributed by atoms with E-state index < -0.39 is 24.5 Å². The number of nitrogens with zero attached hydrogens (tertiary/aromatic N) is 3. The third kappa shape index (κ3) is 4.01. The van der Waals surface area contributed by atoms with Gasteiger partial charge in [0.15, 0.2) is 0 Å². The number of benzene rings is 1. The summed E-state index contributed by atoms with van der Waals surface area (Å²) in [4.78, 5) is 10.1. The number of hydrogen-bond donors (Lipinski definition) is 0. The summed E-state index contributed by atoms with van der Waals surface area (Å²) < 4.78 is 21.5. The first-order valence-corrected chi connectivity index (χ1v) is 11.6. The van der Waals surface area contributed by atoms with Gasteiger partial charge in [-0.3, -0.25) is 10.1 Å².